The van der Waals surface area contributed by atoms with E-state index < -0.39 is 12.1 Å². The van der Waals surface area contributed by atoms with Crippen molar-refractivity contribution in [2.24, 2.45) is 0 Å². The molecule has 3 nitrogen and oxygen atoms in total. The average molecular weight is 154 g/mol. The molecular weight excluding hydrogens is 143 g/mol. The molecule has 0 bridgehead atoms. The van der Waals surface area contributed by atoms with Gasteiger partial charge in [-0.15, -0.1) is 0 Å². The molecule has 0 saturated carbocycles. The second-order valence-corrected chi connectivity index (χ2v) is 2.15. The van der Waals surface area contributed by atoms with Crippen LogP contribution in [-0.2, 0) is 9.53 Å². The van der Waals surface area contributed by atoms with Gasteiger partial charge in [0.1, 0.15) is 0 Å². The van der Waals surface area contributed by atoms with Crippen molar-refractivity contribution in [1.29, 1.82) is 0 Å². The van der Waals surface area contributed by atoms with E-state index in [1.807, 2.05) is 0 Å². The van der Waals surface area contributed by atoms with Crippen LogP contribution in [0.5, 0.6) is 0 Å². The summed E-state index contributed by atoms with van der Waals surface area (Å²) < 4.78 is 4.85. The summed E-state index contributed by atoms with van der Waals surface area (Å²) in [5, 5.41) is 10.00. The van der Waals surface area contributed by atoms with Gasteiger partial charge in [0, 0.05) is 0 Å². The van der Waals surface area contributed by atoms with Crippen LogP contribution in [0.15, 0.2) is 0 Å². The van der Waals surface area contributed by atoms with Gasteiger partial charge in [0.25, 0.3) is 0 Å². The van der Waals surface area contributed by atoms with Gasteiger partial charge in [-0.1, -0.05) is 0 Å². The summed E-state index contributed by atoms with van der Waals surface area (Å²) in [4.78, 5) is 10.00. The van der Waals surface area contributed by atoms with Gasteiger partial charge in [0.15, 0.2) is 0 Å². The normalized spacial score (nSPS) is 12.4. The van der Waals surface area contributed by atoms with Gasteiger partial charge in [0.2, 0.25) is 0 Å². The van der Waals surface area contributed by atoms with E-state index in [9.17, 15) is 9.90 Å². The molecule has 0 saturated heterocycles. The summed E-state index contributed by atoms with van der Waals surface area (Å²) in [5.74, 6) is -1.16. The summed E-state index contributed by atoms with van der Waals surface area (Å²) in [7, 11) is 0. The number of rotatable bonds is 3. The van der Waals surface area contributed by atoms with E-state index in [1.54, 1.807) is 13.8 Å². The van der Waals surface area contributed by atoms with Gasteiger partial charge in [-0.05, 0) is 20.8 Å². The van der Waals surface area contributed by atoms with Crippen LogP contribution in [0.3, 0.4) is 0 Å². The van der Waals surface area contributed by atoms with E-state index in [2.05, 4.69) is 0 Å². The summed E-state index contributed by atoms with van der Waals surface area (Å²) in [6.45, 7) is 5.01. The molecular formula is C6H11NaO3. The maximum atomic E-state index is 10.00. The molecule has 0 aliphatic carbocycles. The van der Waals surface area contributed by atoms with E-state index in [-0.39, 0.29) is 35.7 Å². The van der Waals surface area contributed by atoms with E-state index in [0.717, 1.165) is 0 Å². The van der Waals surface area contributed by atoms with Crippen LogP contribution in [0.25, 0.3) is 0 Å². The quantitative estimate of drug-likeness (QED) is 0.397. The number of carboxylic acids is 1. The van der Waals surface area contributed by atoms with E-state index >= 15 is 0 Å². The molecule has 10 heavy (non-hydrogen) atoms. The molecule has 0 radical (unpaired) electrons. The SMILES string of the molecule is CC(C)OC(C)C(=O)[O-].[Na+]. The first kappa shape index (κ1) is 13.1. The third-order valence-corrected chi connectivity index (χ3v) is 0.808. The predicted octanol–water partition coefficient (Wildman–Crippen LogP) is -3.45. The summed E-state index contributed by atoms with van der Waals surface area (Å²) in [6.07, 6.45) is -0.858. The maximum Gasteiger partial charge on any atom is 1.00 e. The van der Waals surface area contributed by atoms with Crippen molar-refractivity contribution in [3.8, 4) is 0 Å². The fourth-order valence-electron chi connectivity index (χ4n) is 0.464. The van der Waals surface area contributed by atoms with Crippen molar-refractivity contribution in [1.82, 2.24) is 0 Å². The third kappa shape index (κ3) is 6.55. The van der Waals surface area contributed by atoms with E-state index in [4.69, 9.17) is 4.74 Å². The van der Waals surface area contributed by atoms with Crippen LogP contribution < -0.4 is 34.7 Å². The molecule has 0 rings (SSSR count). The number of aliphatic carboxylic acids is 1. The van der Waals surface area contributed by atoms with Crippen LogP contribution in [0, 0.1) is 0 Å². The van der Waals surface area contributed by atoms with Crippen molar-refractivity contribution in [2.45, 2.75) is 33.0 Å². The van der Waals surface area contributed by atoms with Crippen molar-refractivity contribution >= 4 is 5.97 Å². The summed E-state index contributed by atoms with van der Waals surface area (Å²) in [6, 6.07) is 0. The van der Waals surface area contributed by atoms with Crippen LogP contribution >= 0.6 is 0 Å². The number of carbonyl (C=O) groups excluding carboxylic acids is 1. The molecule has 1 atom stereocenters. The molecule has 0 aromatic carbocycles. The first-order chi connectivity index (χ1) is 4.04. The molecule has 0 aromatic rings. The monoisotopic (exact) mass is 154 g/mol. The number of carbonyl (C=O) groups is 1. The minimum absolute atomic E-state index is 0. The molecule has 0 spiro atoms. The standard InChI is InChI=1S/C6H12O3.Na/c1-4(2)9-5(3)6(7)8;/h4-5H,1-3H3,(H,7,8);/q;+1/p-1. The molecule has 0 N–H and O–H groups in total. The topological polar surface area (TPSA) is 49.4 Å². The Hall–Kier alpha value is 0.430. The van der Waals surface area contributed by atoms with Gasteiger partial charge in [-0.25, -0.2) is 0 Å². The zero-order valence-corrected chi connectivity index (χ0v) is 8.88. The Morgan fingerprint density at radius 3 is 1.90 bits per heavy atom. The van der Waals surface area contributed by atoms with E-state index in [0.29, 0.717) is 0 Å². The van der Waals surface area contributed by atoms with Crippen molar-refractivity contribution < 1.29 is 44.2 Å². The van der Waals surface area contributed by atoms with Gasteiger partial charge in [-0.2, -0.15) is 0 Å². The Labute approximate surface area is 83.0 Å². The maximum absolute atomic E-state index is 10.00. The van der Waals surface area contributed by atoms with Crippen LogP contribution in [0.1, 0.15) is 20.8 Å². The first-order valence-electron chi connectivity index (χ1n) is 2.90. The van der Waals surface area contributed by atoms with Crippen LogP contribution in [0.2, 0.25) is 0 Å². The minimum atomic E-state index is -1.16. The molecule has 0 heterocycles. The Kier molecular flexibility index (Phi) is 8.04. The second kappa shape index (κ2) is 6.16. The first-order valence-corrected chi connectivity index (χ1v) is 2.90. The summed E-state index contributed by atoms with van der Waals surface area (Å²) in [5.41, 5.74) is 0. The zero-order chi connectivity index (χ0) is 7.44. The minimum Gasteiger partial charge on any atom is -0.547 e. The molecule has 0 aliphatic rings. The van der Waals surface area contributed by atoms with Crippen molar-refractivity contribution in [2.75, 3.05) is 0 Å². The van der Waals surface area contributed by atoms with Crippen molar-refractivity contribution in [3.63, 3.8) is 0 Å². The molecule has 1 unspecified atom stereocenters. The molecule has 54 valence electrons. The number of hydrogen-bond donors (Lipinski definition) is 0. The number of carboxylic acid groups (broad SMARTS) is 1. The van der Waals surface area contributed by atoms with Gasteiger partial charge < -0.3 is 14.6 Å². The Morgan fingerprint density at radius 1 is 1.40 bits per heavy atom. The molecule has 0 aromatic heterocycles. The van der Waals surface area contributed by atoms with Crippen LogP contribution in [0.4, 0.5) is 0 Å². The fraction of sp³-hybridized carbons (Fsp3) is 0.833. The van der Waals surface area contributed by atoms with Crippen LogP contribution in [-0.4, -0.2) is 18.2 Å². The molecule has 0 amide bonds. The molecule has 0 fully saturated rings. The van der Waals surface area contributed by atoms with Gasteiger partial charge >= 0.3 is 29.6 Å². The second-order valence-electron chi connectivity index (χ2n) is 2.15. The van der Waals surface area contributed by atoms with Gasteiger partial charge in [-0.3, -0.25) is 0 Å². The van der Waals surface area contributed by atoms with Gasteiger partial charge in [0.05, 0.1) is 18.2 Å². The fourth-order valence-corrected chi connectivity index (χ4v) is 0.464. The number of hydrogen-bond acceptors (Lipinski definition) is 3. The molecule has 0 aliphatic heterocycles. The number of ether oxygens (including phenoxy) is 1. The largest absolute Gasteiger partial charge is 1.00 e. The Morgan fingerprint density at radius 2 is 1.80 bits per heavy atom. The summed E-state index contributed by atoms with van der Waals surface area (Å²) >= 11 is 0. The van der Waals surface area contributed by atoms with E-state index in [1.165, 1.54) is 6.92 Å². The van der Waals surface area contributed by atoms with Crippen molar-refractivity contribution in [3.05, 3.63) is 0 Å². The third-order valence-electron chi connectivity index (χ3n) is 0.808. The average Bonchev–Trinajstić information content (AvgIpc) is 1.63. The Balaban J connectivity index is 0. The molecule has 4 heteroatoms. The predicted molar refractivity (Wildman–Crippen MR) is 30.7 cm³/mol. The Bertz CT molecular complexity index is 103. The zero-order valence-electron chi connectivity index (χ0n) is 6.88. The smallest absolute Gasteiger partial charge is 0.547 e.